The predicted octanol–water partition coefficient (Wildman–Crippen LogP) is 3.83. The van der Waals surface area contributed by atoms with Gasteiger partial charge < -0.3 is 5.73 Å². The van der Waals surface area contributed by atoms with E-state index in [1.807, 2.05) is 25.1 Å². The lowest BCUT2D eigenvalue weighted by atomic mass is 9.51. The van der Waals surface area contributed by atoms with E-state index in [-0.39, 0.29) is 0 Å². The molecule has 20 heavy (non-hydrogen) atoms. The molecule has 106 valence electrons. The molecule has 4 aliphatic carbocycles. The zero-order chi connectivity index (χ0) is 13.9. The summed E-state index contributed by atoms with van der Waals surface area (Å²) in [5.74, 6) is 3.87. The average Bonchev–Trinajstić information content (AvgIpc) is 2.40. The van der Waals surface area contributed by atoms with Crippen LogP contribution in [0.15, 0.2) is 18.2 Å². The Hall–Kier alpha value is -1.31. The summed E-state index contributed by atoms with van der Waals surface area (Å²) in [5, 5.41) is 0. The number of rotatable bonds is 2. The molecule has 4 saturated carbocycles. The summed E-state index contributed by atoms with van der Waals surface area (Å²) in [6.07, 6.45) is 6.65. The highest BCUT2D eigenvalue weighted by Crippen LogP contribution is 2.57. The number of anilines is 1. The molecule has 2 nitrogen and oxygen atoms in total. The second-order valence-electron chi connectivity index (χ2n) is 7.39. The van der Waals surface area contributed by atoms with Gasteiger partial charge >= 0.3 is 0 Å². The van der Waals surface area contributed by atoms with Crippen molar-refractivity contribution in [1.29, 1.82) is 0 Å². The van der Waals surface area contributed by atoms with E-state index in [9.17, 15) is 4.79 Å². The van der Waals surface area contributed by atoms with Gasteiger partial charge in [-0.05, 0) is 86.5 Å². The van der Waals surface area contributed by atoms with Gasteiger partial charge in [0.05, 0.1) is 0 Å². The standard InChI is InChI=1S/C18H23NO/c1-10-4-13(2-3-16(10)19)18(20)17-14-6-11-5-12(8-14)9-15(17)7-11/h2-4,11-12,14-15,17H,5-9,19H2,1H3. The minimum Gasteiger partial charge on any atom is -0.399 e. The number of benzene rings is 1. The van der Waals surface area contributed by atoms with E-state index in [4.69, 9.17) is 5.73 Å². The van der Waals surface area contributed by atoms with Crippen molar-refractivity contribution >= 4 is 11.5 Å². The molecule has 0 unspecified atom stereocenters. The number of carbonyl (C=O) groups is 1. The van der Waals surface area contributed by atoms with E-state index in [0.29, 0.717) is 23.5 Å². The number of hydrogen-bond acceptors (Lipinski definition) is 2. The Morgan fingerprint density at radius 2 is 1.65 bits per heavy atom. The van der Waals surface area contributed by atoms with E-state index in [2.05, 4.69) is 0 Å². The highest BCUT2D eigenvalue weighted by Gasteiger charge is 2.50. The lowest BCUT2D eigenvalue weighted by Gasteiger charge is -2.53. The van der Waals surface area contributed by atoms with Crippen LogP contribution < -0.4 is 5.73 Å². The molecular formula is C18H23NO. The number of nitrogen functional groups attached to an aromatic ring is 1. The van der Waals surface area contributed by atoms with Crippen molar-refractivity contribution in [3.63, 3.8) is 0 Å². The summed E-state index contributed by atoms with van der Waals surface area (Å²) in [4.78, 5) is 13.0. The normalized spacial score (nSPS) is 38.1. The van der Waals surface area contributed by atoms with Crippen molar-refractivity contribution in [2.24, 2.45) is 29.6 Å². The molecule has 0 amide bonds. The number of hydrogen-bond donors (Lipinski definition) is 1. The molecule has 1 aromatic carbocycles. The van der Waals surface area contributed by atoms with Crippen LogP contribution in [-0.4, -0.2) is 5.78 Å². The number of carbonyl (C=O) groups excluding carboxylic acids is 1. The minimum atomic E-state index is 0.297. The molecule has 0 radical (unpaired) electrons. The fourth-order valence-corrected chi connectivity index (χ4v) is 5.37. The number of Topliss-reactive ketones (excluding diaryl/α,β-unsaturated/α-hetero) is 1. The fourth-order valence-electron chi connectivity index (χ4n) is 5.37. The SMILES string of the molecule is Cc1cc(C(=O)C2C3CC4CC(C3)CC2C4)ccc1N. The van der Waals surface area contributed by atoms with Crippen molar-refractivity contribution in [1.82, 2.24) is 0 Å². The molecule has 1 aromatic rings. The minimum absolute atomic E-state index is 0.297. The van der Waals surface area contributed by atoms with Gasteiger partial charge in [-0.3, -0.25) is 4.79 Å². The van der Waals surface area contributed by atoms with E-state index in [0.717, 1.165) is 28.7 Å². The van der Waals surface area contributed by atoms with Crippen molar-refractivity contribution in [2.75, 3.05) is 5.73 Å². The van der Waals surface area contributed by atoms with Crippen LogP contribution in [0.4, 0.5) is 5.69 Å². The topological polar surface area (TPSA) is 43.1 Å². The molecule has 4 bridgehead atoms. The summed E-state index contributed by atoms with van der Waals surface area (Å²) in [6.45, 7) is 1.99. The van der Waals surface area contributed by atoms with Crippen molar-refractivity contribution in [3.05, 3.63) is 29.3 Å². The Balaban J connectivity index is 1.63. The molecule has 0 spiro atoms. The lowest BCUT2D eigenvalue weighted by molar-refractivity contribution is -0.0251. The van der Waals surface area contributed by atoms with Crippen molar-refractivity contribution in [2.45, 2.75) is 39.0 Å². The van der Waals surface area contributed by atoms with Crippen LogP contribution >= 0.6 is 0 Å². The monoisotopic (exact) mass is 269 g/mol. The maximum atomic E-state index is 13.0. The summed E-state index contributed by atoms with van der Waals surface area (Å²) >= 11 is 0. The lowest BCUT2D eigenvalue weighted by Crippen LogP contribution is -2.48. The molecular weight excluding hydrogens is 246 g/mol. The molecule has 0 atom stereocenters. The van der Waals surface area contributed by atoms with Crippen molar-refractivity contribution < 1.29 is 4.79 Å². The van der Waals surface area contributed by atoms with E-state index >= 15 is 0 Å². The molecule has 2 N–H and O–H groups in total. The van der Waals surface area contributed by atoms with Gasteiger partial charge in [-0.2, -0.15) is 0 Å². The number of ketones is 1. The fraction of sp³-hybridized carbons (Fsp3) is 0.611. The highest BCUT2D eigenvalue weighted by atomic mass is 16.1. The van der Waals surface area contributed by atoms with Crippen LogP contribution in [0.25, 0.3) is 0 Å². The van der Waals surface area contributed by atoms with Crippen molar-refractivity contribution in [3.8, 4) is 0 Å². The zero-order valence-electron chi connectivity index (χ0n) is 12.1. The molecule has 0 heterocycles. The van der Waals surface area contributed by atoms with Gasteiger partial charge in [-0.25, -0.2) is 0 Å². The van der Waals surface area contributed by atoms with Gasteiger partial charge in [0.25, 0.3) is 0 Å². The molecule has 0 saturated heterocycles. The van der Waals surface area contributed by atoms with Gasteiger partial charge in [-0.15, -0.1) is 0 Å². The second kappa shape index (κ2) is 4.34. The Morgan fingerprint density at radius 3 is 2.20 bits per heavy atom. The van der Waals surface area contributed by atoms with Gasteiger partial charge in [0.2, 0.25) is 0 Å². The van der Waals surface area contributed by atoms with Crippen LogP contribution in [0.1, 0.15) is 48.0 Å². The maximum Gasteiger partial charge on any atom is 0.166 e. The van der Waals surface area contributed by atoms with Crippen LogP contribution in [0.2, 0.25) is 0 Å². The first-order chi connectivity index (χ1) is 9.61. The first-order valence-corrected chi connectivity index (χ1v) is 8.02. The predicted molar refractivity (Wildman–Crippen MR) is 80.5 cm³/mol. The maximum absolute atomic E-state index is 13.0. The Kier molecular flexibility index (Phi) is 2.70. The van der Waals surface area contributed by atoms with Crippen LogP contribution in [0.5, 0.6) is 0 Å². The largest absolute Gasteiger partial charge is 0.399 e. The van der Waals surface area contributed by atoms with Gasteiger partial charge in [0.1, 0.15) is 0 Å². The van der Waals surface area contributed by atoms with Gasteiger partial charge in [0, 0.05) is 17.2 Å². The molecule has 0 aromatic heterocycles. The van der Waals surface area contributed by atoms with Crippen LogP contribution in [0, 0.1) is 36.5 Å². The summed E-state index contributed by atoms with van der Waals surface area (Å²) in [6, 6.07) is 5.80. The first-order valence-electron chi connectivity index (χ1n) is 8.02. The molecule has 2 heteroatoms. The Labute approximate surface area is 120 Å². The third-order valence-corrected chi connectivity index (χ3v) is 6.08. The smallest absolute Gasteiger partial charge is 0.166 e. The third kappa shape index (κ3) is 1.81. The summed E-state index contributed by atoms with van der Waals surface area (Å²) in [5.41, 5.74) is 8.57. The number of aryl methyl sites for hydroxylation is 1. The summed E-state index contributed by atoms with van der Waals surface area (Å²) in [7, 11) is 0. The van der Waals surface area contributed by atoms with E-state index < -0.39 is 0 Å². The Bertz CT molecular complexity index is 535. The molecule has 5 rings (SSSR count). The first kappa shape index (κ1) is 12.4. The summed E-state index contributed by atoms with van der Waals surface area (Å²) < 4.78 is 0. The zero-order valence-corrected chi connectivity index (χ0v) is 12.1. The van der Waals surface area contributed by atoms with Crippen LogP contribution in [-0.2, 0) is 0 Å². The van der Waals surface area contributed by atoms with Gasteiger partial charge in [-0.1, -0.05) is 0 Å². The molecule has 0 aliphatic heterocycles. The highest BCUT2D eigenvalue weighted by molar-refractivity contribution is 5.99. The van der Waals surface area contributed by atoms with Crippen LogP contribution in [0.3, 0.4) is 0 Å². The van der Waals surface area contributed by atoms with E-state index in [1.54, 1.807) is 0 Å². The molecule has 4 aliphatic rings. The van der Waals surface area contributed by atoms with Gasteiger partial charge in [0.15, 0.2) is 5.78 Å². The third-order valence-electron chi connectivity index (χ3n) is 6.08. The number of nitrogens with two attached hydrogens (primary N) is 1. The Morgan fingerprint density at radius 1 is 1.05 bits per heavy atom. The van der Waals surface area contributed by atoms with E-state index in [1.165, 1.54) is 32.1 Å². The second-order valence-corrected chi connectivity index (χ2v) is 7.39. The molecule has 4 fully saturated rings. The quantitative estimate of drug-likeness (QED) is 0.655. The average molecular weight is 269 g/mol.